The van der Waals surface area contributed by atoms with Crippen LogP contribution in [0, 0.1) is 18.6 Å². The van der Waals surface area contributed by atoms with E-state index in [0.717, 1.165) is 48.8 Å². The number of nitrogens with zero attached hydrogens (tertiary/aromatic N) is 3. The molecule has 3 aromatic heterocycles. The fourth-order valence-corrected chi connectivity index (χ4v) is 4.69. The van der Waals surface area contributed by atoms with Crippen molar-refractivity contribution in [2.75, 3.05) is 29.9 Å². The Labute approximate surface area is 164 Å². The van der Waals surface area contributed by atoms with Gasteiger partial charge in [-0.15, -0.1) is 11.3 Å². The first-order valence-electron chi connectivity index (χ1n) is 9.18. The van der Waals surface area contributed by atoms with E-state index < -0.39 is 17.5 Å². The average Bonchev–Trinajstić information content (AvgIpc) is 3.09. The first-order chi connectivity index (χ1) is 13.4. The van der Waals surface area contributed by atoms with E-state index in [1.165, 1.54) is 16.5 Å². The number of halogens is 2. The quantitative estimate of drug-likeness (QED) is 0.705. The molecule has 0 bridgehead atoms. The third-order valence-electron chi connectivity index (χ3n) is 5.31. The number of carbonyl (C=O) groups excluding carboxylic acids is 1. The summed E-state index contributed by atoms with van der Waals surface area (Å²) < 4.78 is 30.2. The summed E-state index contributed by atoms with van der Waals surface area (Å²) in [7, 11) is 0. The number of amides is 1. The average molecular weight is 403 g/mol. The molecule has 0 atom stereocenters. The van der Waals surface area contributed by atoms with Crippen molar-refractivity contribution in [1.29, 1.82) is 0 Å². The van der Waals surface area contributed by atoms with Gasteiger partial charge in [0, 0.05) is 49.7 Å². The number of anilines is 2. The maximum absolute atomic E-state index is 14.5. The van der Waals surface area contributed by atoms with Crippen LogP contribution in [0.1, 0.15) is 28.2 Å². The molecule has 3 aromatic rings. The molecule has 1 amide bonds. The van der Waals surface area contributed by atoms with Gasteiger partial charge in [0.15, 0.2) is 11.5 Å². The van der Waals surface area contributed by atoms with E-state index in [4.69, 9.17) is 0 Å². The van der Waals surface area contributed by atoms with Gasteiger partial charge in [0.2, 0.25) is 0 Å². The van der Waals surface area contributed by atoms with E-state index in [2.05, 4.69) is 20.5 Å². The highest BCUT2D eigenvalue weighted by molar-refractivity contribution is 7.18. The number of hydrogen-bond donors (Lipinski definition) is 2. The van der Waals surface area contributed by atoms with Gasteiger partial charge in [0.25, 0.3) is 5.91 Å². The van der Waals surface area contributed by atoms with Gasteiger partial charge < -0.3 is 19.9 Å². The molecule has 0 unspecified atom stereocenters. The molecular formula is C19H19F2N5OS. The SMILES string of the molecule is Cc1cn2cc(NC(=O)c3sc(N4CCNC5(CC5)C4)cc3F)cc(F)c2n1. The topological polar surface area (TPSA) is 61.7 Å². The number of imidazole rings is 1. The molecule has 0 radical (unpaired) electrons. The van der Waals surface area contributed by atoms with E-state index >= 15 is 0 Å². The van der Waals surface area contributed by atoms with E-state index in [9.17, 15) is 13.6 Å². The third kappa shape index (κ3) is 3.04. The van der Waals surface area contributed by atoms with Crippen LogP contribution >= 0.6 is 11.3 Å². The maximum Gasteiger partial charge on any atom is 0.268 e. The number of pyridine rings is 1. The zero-order valence-corrected chi connectivity index (χ0v) is 16.1. The van der Waals surface area contributed by atoms with Crippen molar-refractivity contribution in [3.05, 3.63) is 46.7 Å². The molecule has 1 spiro atoms. The largest absolute Gasteiger partial charge is 0.360 e. The number of aromatic nitrogens is 2. The number of fused-ring (bicyclic) bond motifs is 1. The van der Waals surface area contributed by atoms with Crippen LogP contribution in [-0.4, -0.2) is 40.5 Å². The number of carbonyl (C=O) groups is 1. The van der Waals surface area contributed by atoms with Crippen molar-refractivity contribution in [1.82, 2.24) is 14.7 Å². The summed E-state index contributed by atoms with van der Waals surface area (Å²) in [5.41, 5.74) is 1.27. The van der Waals surface area contributed by atoms with Gasteiger partial charge in [-0.2, -0.15) is 0 Å². The molecular weight excluding hydrogens is 384 g/mol. The number of piperazine rings is 1. The first-order valence-corrected chi connectivity index (χ1v) is 10.00. The molecule has 1 saturated carbocycles. The maximum atomic E-state index is 14.5. The second-order valence-electron chi connectivity index (χ2n) is 7.53. The fourth-order valence-electron chi connectivity index (χ4n) is 3.73. The predicted octanol–water partition coefficient (Wildman–Crippen LogP) is 3.18. The first kappa shape index (κ1) is 17.6. The van der Waals surface area contributed by atoms with Crippen molar-refractivity contribution in [3.63, 3.8) is 0 Å². The van der Waals surface area contributed by atoms with E-state index in [0.29, 0.717) is 5.69 Å². The Hall–Kier alpha value is -2.52. The Morgan fingerprint density at radius 1 is 1.29 bits per heavy atom. The van der Waals surface area contributed by atoms with Gasteiger partial charge in [0.05, 0.1) is 16.4 Å². The molecule has 6 nitrogen and oxygen atoms in total. The standard InChI is InChI=1S/C19H19F2N5OS/c1-11-8-26-9-12(6-14(21)17(26)23-11)24-18(27)16-13(20)7-15(28-16)25-5-4-22-19(10-25)2-3-19/h6-9,22H,2-5,10H2,1H3,(H,24,27). The predicted molar refractivity (Wildman–Crippen MR) is 104 cm³/mol. The summed E-state index contributed by atoms with van der Waals surface area (Å²) in [5.74, 6) is -1.68. The van der Waals surface area contributed by atoms with Crippen LogP contribution in [0.4, 0.5) is 19.5 Å². The van der Waals surface area contributed by atoms with Crippen molar-refractivity contribution in [2.24, 2.45) is 0 Å². The molecule has 5 rings (SSSR count). The van der Waals surface area contributed by atoms with Gasteiger partial charge in [0.1, 0.15) is 10.7 Å². The van der Waals surface area contributed by atoms with Crippen LogP contribution < -0.4 is 15.5 Å². The van der Waals surface area contributed by atoms with E-state index in [1.807, 2.05) is 0 Å². The van der Waals surface area contributed by atoms with Gasteiger partial charge in [-0.1, -0.05) is 0 Å². The van der Waals surface area contributed by atoms with Crippen LogP contribution in [0.25, 0.3) is 5.65 Å². The van der Waals surface area contributed by atoms with Gasteiger partial charge in [-0.3, -0.25) is 4.79 Å². The molecule has 2 aliphatic rings. The van der Waals surface area contributed by atoms with Crippen molar-refractivity contribution in [2.45, 2.75) is 25.3 Å². The Morgan fingerprint density at radius 3 is 2.89 bits per heavy atom. The van der Waals surface area contributed by atoms with Gasteiger partial charge >= 0.3 is 0 Å². The Bertz CT molecular complexity index is 1090. The second-order valence-corrected chi connectivity index (χ2v) is 8.57. The van der Waals surface area contributed by atoms with Crippen molar-refractivity contribution < 1.29 is 13.6 Å². The number of nitrogens with one attached hydrogen (secondary N) is 2. The zero-order valence-electron chi connectivity index (χ0n) is 15.3. The molecule has 9 heteroatoms. The summed E-state index contributed by atoms with van der Waals surface area (Å²) in [6.45, 7) is 4.22. The second kappa shape index (κ2) is 6.25. The highest BCUT2D eigenvalue weighted by Gasteiger charge is 2.45. The molecule has 2 fully saturated rings. The van der Waals surface area contributed by atoms with Gasteiger partial charge in [-0.05, 0) is 19.8 Å². The molecule has 1 aliphatic heterocycles. The number of aryl methyl sites for hydroxylation is 1. The molecule has 146 valence electrons. The van der Waals surface area contributed by atoms with Gasteiger partial charge in [-0.25, -0.2) is 13.8 Å². The molecule has 0 aromatic carbocycles. The fraction of sp³-hybridized carbons (Fsp3) is 0.368. The minimum absolute atomic E-state index is 0.000645. The Morgan fingerprint density at radius 2 is 2.11 bits per heavy atom. The Balaban J connectivity index is 1.37. The minimum atomic E-state index is -0.583. The normalized spacial score (nSPS) is 18.0. The van der Waals surface area contributed by atoms with Crippen molar-refractivity contribution >= 4 is 33.6 Å². The molecule has 1 saturated heterocycles. The highest BCUT2D eigenvalue weighted by atomic mass is 32.1. The summed E-state index contributed by atoms with van der Waals surface area (Å²) >= 11 is 1.13. The number of hydrogen-bond acceptors (Lipinski definition) is 5. The summed E-state index contributed by atoms with van der Waals surface area (Å²) in [6.07, 6.45) is 5.49. The molecule has 1 aliphatic carbocycles. The lowest BCUT2D eigenvalue weighted by Crippen LogP contribution is -2.52. The molecule has 2 N–H and O–H groups in total. The lowest BCUT2D eigenvalue weighted by molar-refractivity contribution is 0.102. The lowest BCUT2D eigenvalue weighted by atomic mass is 10.2. The number of rotatable bonds is 3. The summed E-state index contributed by atoms with van der Waals surface area (Å²) in [5, 5.41) is 6.86. The lowest BCUT2D eigenvalue weighted by Gasteiger charge is -2.34. The smallest absolute Gasteiger partial charge is 0.268 e. The van der Waals surface area contributed by atoms with Crippen LogP contribution in [0.5, 0.6) is 0 Å². The minimum Gasteiger partial charge on any atom is -0.360 e. The van der Waals surface area contributed by atoms with E-state index in [1.54, 1.807) is 19.3 Å². The van der Waals surface area contributed by atoms with Crippen molar-refractivity contribution in [3.8, 4) is 0 Å². The summed E-state index contributed by atoms with van der Waals surface area (Å²) in [6, 6.07) is 2.61. The zero-order chi connectivity index (χ0) is 19.5. The molecule has 4 heterocycles. The highest BCUT2D eigenvalue weighted by Crippen LogP contribution is 2.40. The number of thiophene rings is 1. The van der Waals surface area contributed by atoms with E-state index in [-0.39, 0.29) is 21.8 Å². The van der Waals surface area contributed by atoms with Crippen LogP contribution in [-0.2, 0) is 0 Å². The van der Waals surface area contributed by atoms with Crippen LogP contribution in [0.15, 0.2) is 24.5 Å². The Kier molecular flexibility index (Phi) is 3.92. The molecule has 28 heavy (non-hydrogen) atoms. The van der Waals surface area contributed by atoms with Crippen LogP contribution in [0.3, 0.4) is 0 Å². The third-order valence-corrected chi connectivity index (χ3v) is 6.47. The van der Waals surface area contributed by atoms with Crippen LogP contribution in [0.2, 0.25) is 0 Å². The summed E-state index contributed by atoms with van der Waals surface area (Å²) in [4.78, 5) is 18.8. The monoisotopic (exact) mass is 403 g/mol.